The highest BCUT2D eigenvalue weighted by molar-refractivity contribution is 5.92. The zero-order valence-electron chi connectivity index (χ0n) is 13.2. The second kappa shape index (κ2) is 7.12. The molecule has 1 N–H and O–H groups in total. The summed E-state index contributed by atoms with van der Waals surface area (Å²) in [6.07, 6.45) is 1.59. The maximum Gasteiger partial charge on any atom is 0.276 e. The Balaban J connectivity index is 1.59. The Morgan fingerprint density at radius 3 is 2.84 bits per heavy atom. The van der Waals surface area contributed by atoms with Crippen LogP contribution in [0.4, 0.5) is 8.78 Å². The molecule has 0 aliphatic rings. The van der Waals surface area contributed by atoms with Crippen LogP contribution in [0.25, 0.3) is 0 Å². The maximum atomic E-state index is 13.1. The van der Waals surface area contributed by atoms with Crippen molar-refractivity contribution in [2.75, 3.05) is 7.05 Å². The molecule has 0 saturated carbocycles. The van der Waals surface area contributed by atoms with Gasteiger partial charge in [-0.2, -0.15) is 5.10 Å². The lowest BCUT2D eigenvalue weighted by molar-refractivity contribution is 0.0772. The average Bonchev–Trinajstić information content (AvgIpc) is 3.27. The van der Waals surface area contributed by atoms with Crippen LogP contribution >= 0.6 is 0 Å². The molecule has 3 aromatic rings. The van der Waals surface area contributed by atoms with Crippen molar-refractivity contribution in [3.63, 3.8) is 0 Å². The number of aromatic nitrogens is 3. The Hall–Kier alpha value is -3.23. The summed E-state index contributed by atoms with van der Waals surface area (Å²) in [4.78, 5) is 13.7. The zero-order valence-corrected chi connectivity index (χ0v) is 13.2. The van der Waals surface area contributed by atoms with E-state index in [2.05, 4.69) is 15.4 Å². The van der Waals surface area contributed by atoms with Crippen molar-refractivity contribution >= 4 is 5.91 Å². The Labute approximate surface area is 141 Å². The molecular formula is C16H14F2N4O3. The normalized spacial score (nSPS) is 10.7. The van der Waals surface area contributed by atoms with Gasteiger partial charge in [-0.05, 0) is 18.2 Å². The van der Waals surface area contributed by atoms with Crippen LogP contribution in [0.15, 0.2) is 41.1 Å². The lowest BCUT2D eigenvalue weighted by Gasteiger charge is -2.13. The van der Waals surface area contributed by atoms with E-state index >= 15 is 0 Å². The second-order valence-electron chi connectivity index (χ2n) is 5.29. The molecule has 25 heavy (non-hydrogen) atoms. The Morgan fingerprint density at radius 2 is 2.12 bits per heavy atom. The summed E-state index contributed by atoms with van der Waals surface area (Å²) in [5.41, 5.74) is 0.896. The molecule has 130 valence electrons. The summed E-state index contributed by atoms with van der Waals surface area (Å²) in [6, 6.07) is 6.37. The number of amides is 1. The van der Waals surface area contributed by atoms with Crippen molar-refractivity contribution in [3.05, 3.63) is 65.3 Å². The van der Waals surface area contributed by atoms with E-state index in [0.717, 1.165) is 17.8 Å². The molecule has 9 heteroatoms. The number of hydrogen-bond acceptors (Lipinski definition) is 5. The van der Waals surface area contributed by atoms with Crippen LogP contribution in [0.1, 0.15) is 21.9 Å². The molecule has 0 unspecified atom stereocenters. The highest BCUT2D eigenvalue weighted by Gasteiger charge is 2.18. The van der Waals surface area contributed by atoms with E-state index in [9.17, 15) is 13.6 Å². The van der Waals surface area contributed by atoms with Gasteiger partial charge in [-0.15, -0.1) is 0 Å². The minimum Gasteiger partial charge on any atom is -0.485 e. The van der Waals surface area contributed by atoms with Gasteiger partial charge >= 0.3 is 0 Å². The number of halogens is 2. The number of aromatic amines is 1. The van der Waals surface area contributed by atoms with Crippen molar-refractivity contribution in [3.8, 4) is 5.75 Å². The molecular weight excluding hydrogens is 334 g/mol. The van der Waals surface area contributed by atoms with Gasteiger partial charge in [0.25, 0.3) is 5.91 Å². The summed E-state index contributed by atoms with van der Waals surface area (Å²) in [5.74, 6) is -1.88. The van der Waals surface area contributed by atoms with Gasteiger partial charge in [0.1, 0.15) is 12.4 Å². The fraction of sp³-hybridized carbons (Fsp3) is 0.188. The first-order valence-corrected chi connectivity index (χ1v) is 7.30. The topological polar surface area (TPSA) is 84.2 Å². The number of nitrogens with zero attached hydrogens (tertiary/aromatic N) is 3. The summed E-state index contributed by atoms with van der Waals surface area (Å²) in [7, 11) is 1.62. The Kier molecular flexibility index (Phi) is 4.73. The smallest absolute Gasteiger partial charge is 0.276 e. The number of nitrogens with one attached hydrogen (secondary N) is 1. The standard InChI is InChI=1S/C16H14F2N4O3/c1-22(8-10-4-5-19-20-10)16(23)15-7-12(25-21-15)9-24-11-2-3-13(17)14(18)6-11/h2-7H,8-9H2,1H3,(H,19,20). The summed E-state index contributed by atoms with van der Waals surface area (Å²) in [5, 5.41) is 10.3. The van der Waals surface area contributed by atoms with Crippen LogP contribution in [0.2, 0.25) is 0 Å². The third-order valence-corrected chi connectivity index (χ3v) is 3.36. The number of carbonyl (C=O) groups is 1. The number of hydrogen-bond donors (Lipinski definition) is 1. The largest absolute Gasteiger partial charge is 0.485 e. The van der Waals surface area contributed by atoms with E-state index in [0.29, 0.717) is 6.54 Å². The number of rotatable bonds is 6. The molecule has 0 atom stereocenters. The number of H-pyrrole nitrogens is 1. The molecule has 1 aromatic carbocycles. The minimum absolute atomic E-state index is 0.0738. The van der Waals surface area contributed by atoms with Crippen LogP contribution in [-0.2, 0) is 13.2 Å². The van der Waals surface area contributed by atoms with Gasteiger partial charge in [0, 0.05) is 25.4 Å². The molecule has 0 bridgehead atoms. The van der Waals surface area contributed by atoms with Gasteiger partial charge < -0.3 is 14.2 Å². The third kappa shape index (κ3) is 4.00. The molecule has 1 amide bonds. The molecule has 0 radical (unpaired) electrons. The fourth-order valence-electron chi connectivity index (χ4n) is 2.10. The van der Waals surface area contributed by atoms with Crippen LogP contribution in [0.5, 0.6) is 5.75 Å². The molecule has 7 nitrogen and oxygen atoms in total. The monoisotopic (exact) mass is 348 g/mol. The molecule has 2 heterocycles. The second-order valence-corrected chi connectivity index (χ2v) is 5.29. The first-order chi connectivity index (χ1) is 12.0. The van der Waals surface area contributed by atoms with Crippen LogP contribution in [0, 0.1) is 11.6 Å². The number of carbonyl (C=O) groups excluding carboxylic acids is 1. The quantitative estimate of drug-likeness (QED) is 0.740. The van der Waals surface area contributed by atoms with Gasteiger partial charge in [-0.1, -0.05) is 5.16 Å². The average molecular weight is 348 g/mol. The van der Waals surface area contributed by atoms with Crippen molar-refractivity contribution in [1.29, 1.82) is 0 Å². The van der Waals surface area contributed by atoms with Gasteiger partial charge in [0.05, 0.1) is 12.2 Å². The van der Waals surface area contributed by atoms with Gasteiger partial charge in [-0.25, -0.2) is 8.78 Å². The molecule has 0 fully saturated rings. The molecule has 2 aromatic heterocycles. The van der Waals surface area contributed by atoms with Gasteiger partial charge in [-0.3, -0.25) is 9.89 Å². The summed E-state index contributed by atoms with van der Waals surface area (Å²) >= 11 is 0. The van der Waals surface area contributed by atoms with E-state index in [1.807, 2.05) is 0 Å². The molecule has 0 aliphatic heterocycles. The number of ether oxygens (including phenoxy) is 1. The predicted molar refractivity (Wildman–Crippen MR) is 81.6 cm³/mol. The van der Waals surface area contributed by atoms with Crippen molar-refractivity contribution in [2.24, 2.45) is 0 Å². The van der Waals surface area contributed by atoms with E-state index in [1.54, 1.807) is 19.3 Å². The number of benzene rings is 1. The van der Waals surface area contributed by atoms with Crippen molar-refractivity contribution in [2.45, 2.75) is 13.2 Å². The minimum atomic E-state index is -1.01. The van der Waals surface area contributed by atoms with Crippen LogP contribution in [0.3, 0.4) is 0 Å². The molecule has 0 spiro atoms. The molecule has 0 aliphatic carbocycles. The van der Waals surface area contributed by atoms with Crippen molar-refractivity contribution in [1.82, 2.24) is 20.3 Å². The summed E-state index contributed by atoms with van der Waals surface area (Å²) < 4.78 is 36.3. The first-order valence-electron chi connectivity index (χ1n) is 7.30. The first kappa shape index (κ1) is 16.6. The fourth-order valence-corrected chi connectivity index (χ4v) is 2.10. The zero-order chi connectivity index (χ0) is 17.8. The summed E-state index contributed by atoms with van der Waals surface area (Å²) in [6.45, 7) is 0.266. The lowest BCUT2D eigenvalue weighted by atomic mass is 10.3. The molecule has 3 rings (SSSR count). The SMILES string of the molecule is CN(Cc1ccn[nH]1)C(=O)c1cc(COc2ccc(F)c(F)c2)on1. The van der Waals surface area contributed by atoms with Gasteiger partial charge in [0.15, 0.2) is 23.1 Å². The third-order valence-electron chi connectivity index (χ3n) is 3.36. The van der Waals surface area contributed by atoms with Crippen LogP contribution < -0.4 is 4.74 Å². The highest BCUT2D eigenvalue weighted by Crippen LogP contribution is 2.17. The van der Waals surface area contributed by atoms with E-state index in [-0.39, 0.29) is 29.7 Å². The lowest BCUT2D eigenvalue weighted by Crippen LogP contribution is -2.26. The highest BCUT2D eigenvalue weighted by atomic mass is 19.2. The maximum absolute atomic E-state index is 13.1. The predicted octanol–water partition coefficient (Wildman–Crippen LogP) is 2.53. The Morgan fingerprint density at radius 1 is 1.28 bits per heavy atom. The van der Waals surface area contributed by atoms with Crippen molar-refractivity contribution < 1.29 is 22.8 Å². The van der Waals surface area contributed by atoms with E-state index in [1.165, 1.54) is 17.0 Å². The van der Waals surface area contributed by atoms with E-state index < -0.39 is 11.6 Å². The molecule has 0 saturated heterocycles. The van der Waals surface area contributed by atoms with Gasteiger partial charge in [0.2, 0.25) is 0 Å². The van der Waals surface area contributed by atoms with E-state index in [4.69, 9.17) is 9.26 Å². The Bertz CT molecular complexity index is 864. The van der Waals surface area contributed by atoms with Crippen LogP contribution in [-0.4, -0.2) is 33.2 Å².